The van der Waals surface area contributed by atoms with E-state index < -0.39 is 0 Å². The Labute approximate surface area is 217 Å². The van der Waals surface area contributed by atoms with Gasteiger partial charge in [0.25, 0.3) is 5.91 Å². The molecule has 0 unspecified atom stereocenters. The molecule has 5 nitrogen and oxygen atoms in total. The molecule has 0 radical (unpaired) electrons. The van der Waals surface area contributed by atoms with Gasteiger partial charge in [0.15, 0.2) is 4.96 Å². The Bertz CT molecular complexity index is 1650. The van der Waals surface area contributed by atoms with Crippen molar-refractivity contribution in [3.8, 4) is 11.3 Å². The maximum Gasteiger partial charge on any atom is 0.254 e. The zero-order chi connectivity index (χ0) is 24.5. The van der Waals surface area contributed by atoms with Gasteiger partial charge in [0, 0.05) is 46.4 Å². The summed E-state index contributed by atoms with van der Waals surface area (Å²) in [5.41, 5.74) is 3.70. The number of hydrogen-bond acceptors (Lipinski definition) is 4. The van der Waals surface area contributed by atoms with Crippen molar-refractivity contribution >= 4 is 44.6 Å². The number of carbonyl (C=O) groups is 1. The molecule has 0 saturated heterocycles. The number of imidazole rings is 1. The molecular formula is C29H22ClN3O2S. The Hall–Kier alpha value is -3.87. The van der Waals surface area contributed by atoms with Gasteiger partial charge in [0.2, 0.25) is 0 Å². The van der Waals surface area contributed by atoms with Gasteiger partial charge in [-0.3, -0.25) is 9.20 Å². The summed E-state index contributed by atoms with van der Waals surface area (Å²) in [4.78, 5) is 21.2. The number of nitrogens with zero attached hydrogens (tertiary/aromatic N) is 3. The van der Waals surface area contributed by atoms with Gasteiger partial charge >= 0.3 is 0 Å². The molecule has 3 aromatic carbocycles. The Balaban J connectivity index is 1.26. The van der Waals surface area contributed by atoms with E-state index in [-0.39, 0.29) is 5.91 Å². The first kappa shape index (κ1) is 22.6. The molecule has 3 aromatic heterocycles. The Morgan fingerprint density at radius 2 is 1.83 bits per heavy atom. The lowest BCUT2D eigenvalue weighted by atomic mass is 10.1. The third-order valence-electron chi connectivity index (χ3n) is 6.27. The second-order valence-electron chi connectivity index (χ2n) is 8.63. The second-order valence-corrected chi connectivity index (χ2v) is 9.90. The van der Waals surface area contributed by atoms with E-state index in [1.165, 1.54) is 0 Å². The summed E-state index contributed by atoms with van der Waals surface area (Å²) >= 11 is 7.64. The topological polar surface area (TPSA) is 50.8 Å². The molecule has 0 spiro atoms. The lowest BCUT2D eigenvalue weighted by Gasteiger charge is -2.22. The average molecular weight is 512 g/mol. The summed E-state index contributed by atoms with van der Waals surface area (Å²) in [6.45, 7) is 0.957. The van der Waals surface area contributed by atoms with Crippen LogP contribution in [0.3, 0.4) is 0 Å². The highest BCUT2D eigenvalue weighted by Crippen LogP contribution is 2.26. The van der Waals surface area contributed by atoms with Crippen LogP contribution in [0.1, 0.15) is 21.8 Å². The van der Waals surface area contributed by atoms with Gasteiger partial charge in [0.05, 0.1) is 18.5 Å². The molecule has 0 fully saturated rings. The van der Waals surface area contributed by atoms with E-state index in [9.17, 15) is 4.79 Å². The predicted octanol–water partition coefficient (Wildman–Crippen LogP) is 7.35. The molecule has 0 bridgehead atoms. The molecular weight excluding hydrogens is 490 g/mol. The van der Waals surface area contributed by atoms with Crippen LogP contribution in [0, 0.1) is 0 Å². The molecule has 0 aliphatic heterocycles. The number of furan rings is 1. The lowest BCUT2D eigenvalue weighted by Crippen LogP contribution is -2.32. The van der Waals surface area contributed by atoms with E-state index in [4.69, 9.17) is 21.0 Å². The third-order valence-corrected chi connectivity index (χ3v) is 7.41. The molecule has 7 heteroatoms. The molecule has 0 saturated carbocycles. The van der Waals surface area contributed by atoms with Crippen LogP contribution in [-0.4, -0.2) is 26.7 Å². The first-order valence-corrected chi connectivity index (χ1v) is 12.9. The van der Waals surface area contributed by atoms with Gasteiger partial charge in [-0.15, -0.1) is 11.3 Å². The summed E-state index contributed by atoms with van der Waals surface area (Å²) in [6, 6.07) is 25.4. The minimum atomic E-state index is -0.0175. The standard InChI is InChI=1S/C29H22ClN3O2S/c30-24-11-9-21(10-12-24)27-18-33-25(19-36-29(33)31-27)13-14-32(17-26-6-3-15-35-26)28(34)23-8-7-20-4-1-2-5-22(20)16-23/h1-12,15-16,18-19H,13-14,17H2. The maximum atomic E-state index is 13.6. The number of benzene rings is 3. The molecule has 0 aliphatic rings. The highest BCUT2D eigenvalue weighted by Gasteiger charge is 2.19. The number of rotatable bonds is 7. The van der Waals surface area contributed by atoms with Crippen LogP contribution in [0.15, 0.2) is 101 Å². The molecule has 178 valence electrons. The number of fused-ring (bicyclic) bond motifs is 2. The van der Waals surface area contributed by atoms with Crippen LogP contribution >= 0.6 is 22.9 Å². The van der Waals surface area contributed by atoms with Gasteiger partial charge in [0.1, 0.15) is 5.76 Å². The van der Waals surface area contributed by atoms with Gasteiger partial charge < -0.3 is 9.32 Å². The van der Waals surface area contributed by atoms with Gasteiger partial charge in [-0.25, -0.2) is 4.98 Å². The number of aromatic nitrogens is 2. The molecule has 0 atom stereocenters. The van der Waals surface area contributed by atoms with Crippen molar-refractivity contribution in [3.63, 3.8) is 0 Å². The third kappa shape index (κ3) is 4.53. The quantitative estimate of drug-likeness (QED) is 0.225. The van der Waals surface area contributed by atoms with Crippen molar-refractivity contribution in [2.24, 2.45) is 0 Å². The fourth-order valence-corrected chi connectivity index (χ4v) is 5.40. The zero-order valence-electron chi connectivity index (χ0n) is 19.3. The van der Waals surface area contributed by atoms with Crippen LogP contribution in [0.5, 0.6) is 0 Å². The molecule has 3 heterocycles. The highest BCUT2D eigenvalue weighted by atomic mass is 35.5. The highest BCUT2D eigenvalue weighted by molar-refractivity contribution is 7.15. The monoisotopic (exact) mass is 511 g/mol. The second kappa shape index (κ2) is 9.64. The molecule has 0 N–H and O–H groups in total. The average Bonchev–Trinajstić information content (AvgIpc) is 3.65. The fourth-order valence-electron chi connectivity index (χ4n) is 4.37. The van der Waals surface area contributed by atoms with E-state index in [1.54, 1.807) is 17.6 Å². The van der Waals surface area contributed by atoms with E-state index >= 15 is 0 Å². The van der Waals surface area contributed by atoms with Crippen LogP contribution in [-0.2, 0) is 13.0 Å². The van der Waals surface area contributed by atoms with Crippen molar-refractivity contribution in [2.75, 3.05) is 6.54 Å². The molecule has 1 amide bonds. The first-order chi connectivity index (χ1) is 17.6. The smallest absolute Gasteiger partial charge is 0.254 e. The minimum absolute atomic E-state index is 0.0175. The normalized spacial score (nSPS) is 11.4. The minimum Gasteiger partial charge on any atom is -0.467 e. The predicted molar refractivity (Wildman–Crippen MR) is 145 cm³/mol. The fraction of sp³-hybridized carbons (Fsp3) is 0.103. The first-order valence-electron chi connectivity index (χ1n) is 11.7. The van der Waals surface area contributed by atoms with Crippen molar-refractivity contribution in [3.05, 3.63) is 119 Å². The molecule has 0 aliphatic carbocycles. The van der Waals surface area contributed by atoms with Gasteiger partial charge in [-0.1, -0.05) is 54.1 Å². The SMILES string of the molecule is O=C(c1ccc2ccccc2c1)N(CCc1csc2nc(-c3ccc(Cl)cc3)cn12)Cc1ccco1. The van der Waals surface area contributed by atoms with Crippen molar-refractivity contribution in [1.82, 2.24) is 14.3 Å². The number of carbonyl (C=O) groups excluding carboxylic acids is 1. The summed E-state index contributed by atoms with van der Waals surface area (Å²) in [6.07, 6.45) is 4.38. The van der Waals surface area contributed by atoms with Crippen molar-refractivity contribution in [1.29, 1.82) is 0 Å². The summed E-state index contributed by atoms with van der Waals surface area (Å²) in [7, 11) is 0. The Kier molecular flexibility index (Phi) is 6.05. The Morgan fingerprint density at radius 1 is 1.00 bits per heavy atom. The zero-order valence-corrected chi connectivity index (χ0v) is 20.9. The van der Waals surface area contributed by atoms with E-state index in [0.717, 1.165) is 38.4 Å². The van der Waals surface area contributed by atoms with Crippen molar-refractivity contribution < 1.29 is 9.21 Å². The van der Waals surface area contributed by atoms with E-state index in [0.29, 0.717) is 30.1 Å². The molecule has 6 aromatic rings. The number of hydrogen-bond donors (Lipinski definition) is 0. The van der Waals surface area contributed by atoms with Crippen LogP contribution in [0.4, 0.5) is 0 Å². The van der Waals surface area contributed by atoms with Crippen LogP contribution in [0.25, 0.3) is 27.0 Å². The number of thiazole rings is 1. The van der Waals surface area contributed by atoms with Crippen LogP contribution in [0.2, 0.25) is 5.02 Å². The van der Waals surface area contributed by atoms with Crippen LogP contribution < -0.4 is 0 Å². The van der Waals surface area contributed by atoms with E-state index in [2.05, 4.69) is 15.8 Å². The van der Waals surface area contributed by atoms with Crippen molar-refractivity contribution in [2.45, 2.75) is 13.0 Å². The van der Waals surface area contributed by atoms with Gasteiger partial charge in [-0.05, 0) is 47.2 Å². The van der Waals surface area contributed by atoms with Gasteiger partial charge in [-0.2, -0.15) is 0 Å². The molecule has 36 heavy (non-hydrogen) atoms. The number of amides is 1. The Morgan fingerprint density at radius 3 is 2.64 bits per heavy atom. The number of halogens is 1. The molecule has 6 rings (SSSR count). The lowest BCUT2D eigenvalue weighted by molar-refractivity contribution is 0.0733. The summed E-state index contributed by atoms with van der Waals surface area (Å²) in [5, 5.41) is 4.98. The summed E-state index contributed by atoms with van der Waals surface area (Å²) < 4.78 is 7.68. The summed E-state index contributed by atoms with van der Waals surface area (Å²) in [5.74, 6) is 0.739. The van der Waals surface area contributed by atoms with E-state index in [1.807, 2.05) is 83.9 Å². The largest absolute Gasteiger partial charge is 0.467 e. The maximum absolute atomic E-state index is 13.6.